The van der Waals surface area contributed by atoms with Gasteiger partial charge in [0.2, 0.25) is 47.3 Å². The average molecular weight is 1010 g/mol. The first kappa shape index (κ1) is 52.2. The van der Waals surface area contributed by atoms with Gasteiger partial charge in [0.05, 0.1) is 24.9 Å². The topological polar surface area (TPSA) is 222 Å². The van der Waals surface area contributed by atoms with Gasteiger partial charge in [-0.25, -0.2) is 0 Å². The standard InChI is InChI=1S/C56H72N10O8/c1-33(57-3)51(69)61-45-31-63(25-23-39-19-21-47(65(39)55(45)73)53(71)59-43-29-41(43)37-11-7-5-8-12-37)49(67)27-35-15-17-36(18-16-35)28-50(68)64-26-24-40-20-22-48(54(72)60-44-30-42(44)38-13-9-6-10-14-38)66(40)56(74)46(32-64)62-52(70)34(2)58-4/h5-18,33-34,39-48,57-58H,19-32H2,1-4H3,(H,59,71)(H,60,72)(H,61,69)(H,62,70)/t33-,34-,39+,40+,41+,42+,43-,44?,45-,46-,47-,48-/m0/s1. The molecule has 2 aliphatic carbocycles. The maximum atomic E-state index is 14.5. The molecule has 0 radical (unpaired) electrons. The van der Waals surface area contributed by atoms with Crippen LogP contribution in [0.15, 0.2) is 84.9 Å². The van der Waals surface area contributed by atoms with E-state index in [1.54, 1.807) is 71.8 Å². The molecule has 1 unspecified atom stereocenters. The Morgan fingerprint density at radius 3 is 1.26 bits per heavy atom. The van der Waals surface area contributed by atoms with Gasteiger partial charge in [0, 0.05) is 62.2 Å². The largest absolute Gasteiger partial charge is 0.351 e. The maximum Gasteiger partial charge on any atom is 0.247 e. The molecule has 18 heteroatoms. The highest BCUT2D eigenvalue weighted by Crippen LogP contribution is 2.42. The molecule has 74 heavy (non-hydrogen) atoms. The minimum atomic E-state index is -1.07. The van der Waals surface area contributed by atoms with Crippen molar-refractivity contribution < 1.29 is 38.4 Å². The third-order valence-electron chi connectivity index (χ3n) is 16.4. The number of hydrogen-bond donors (Lipinski definition) is 6. The first-order chi connectivity index (χ1) is 35.7. The number of nitrogens with zero attached hydrogens (tertiary/aromatic N) is 4. The number of hydrogen-bond acceptors (Lipinski definition) is 10. The number of benzene rings is 3. The van der Waals surface area contributed by atoms with Crippen molar-refractivity contribution in [1.29, 1.82) is 0 Å². The van der Waals surface area contributed by atoms with Crippen molar-refractivity contribution in [2.24, 2.45) is 0 Å². The molecule has 4 saturated heterocycles. The van der Waals surface area contributed by atoms with Crippen molar-refractivity contribution in [3.05, 3.63) is 107 Å². The lowest BCUT2D eigenvalue weighted by Gasteiger charge is -2.39. The molecule has 3 aromatic carbocycles. The zero-order valence-electron chi connectivity index (χ0n) is 43.0. The quantitative estimate of drug-likeness (QED) is 0.121. The number of amides is 8. The van der Waals surface area contributed by atoms with Gasteiger partial charge in [-0.15, -0.1) is 0 Å². The van der Waals surface area contributed by atoms with Crippen molar-refractivity contribution in [1.82, 2.24) is 51.5 Å². The summed E-state index contributed by atoms with van der Waals surface area (Å²) in [5, 5.41) is 18.0. The van der Waals surface area contributed by atoms with Crippen LogP contribution < -0.4 is 31.9 Å². The zero-order chi connectivity index (χ0) is 52.2. The van der Waals surface area contributed by atoms with Crippen LogP contribution in [0, 0.1) is 0 Å². The van der Waals surface area contributed by atoms with E-state index in [9.17, 15) is 38.4 Å². The van der Waals surface area contributed by atoms with Crippen molar-refractivity contribution >= 4 is 47.3 Å². The Labute approximate surface area is 433 Å². The molecule has 18 nitrogen and oxygen atoms in total. The maximum absolute atomic E-state index is 14.5. The number of fused-ring (bicyclic) bond motifs is 2. The molecule has 9 rings (SSSR count). The second-order valence-corrected chi connectivity index (χ2v) is 21.3. The van der Waals surface area contributed by atoms with Gasteiger partial charge in [-0.2, -0.15) is 0 Å². The van der Waals surface area contributed by atoms with Crippen LogP contribution in [0.4, 0.5) is 0 Å². The summed E-state index contributed by atoms with van der Waals surface area (Å²) in [7, 11) is 3.30. The average Bonchev–Trinajstić information content (AvgIpc) is 4.27. The predicted octanol–water partition coefficient (Wildman–Crippen LogP) is 1.49. The van der Waals surface area contributed by atoms with Crippen molar-refractivity contribution in [2.45, 2.75) is 150 Å². The third kappa shape index (κ3) is 11.8. The Balaban J connectivity index is 0.822. The Hall–Kier alpha value is -6.66. The van der Waals surface area contributed by atoms with E-state index in [4.69, 9.17) is 0 Å². The van der Waals surface area contributed by atoms with Crippen LogP contribution in [0.3, 0.4) is 0 Å². The second kappa shape index (κ2) is 22.8. The molecule has 6 fully saturated rings. The molecule has 394 valence electrons. The van der Waals surface area contributed by atoms with Crippen LogP contribution in [0.5, 0.6) is 0 Å². The van der Waals surface area contributed by atoms with Gasteiger partial charge in [0.15, 0.2) is 0 Å². The lowest BCUT2D eigenvalue weighted by Crippen LogP contribution is -2.62. The first-order valence-corrected chi connectivity index (χ1v) is 26.6. The number of rotatable bonds is 16. The van der Waals surface area contributed by atoms with Gasteiger partial charge < -0.3 is 51.5 Å². The second-order valence-electron chi connectivity index (χ2n) is 21.3. The molecule has 4 heterocycles. The predicted molar refractivity (Wildman–Crippen MR) is 276 cm³/mol. The van der Waals surface area contributed by atoms with Crippen LogP contribution in [-0.4, -0.2) is 168 Å². The van der Waals surface area contributed by atoms with Gasteiger partial charge >= 0.3 is 0 Å². The summed E-state index contributed by atoms with van der Waals surface area (Å²) in [5.74, 6) is -1.91. The van der Waals surface area contributed by atoms with Gasteiger partial charge in [0.1, 0.15) is 24.2 Å². The van der Waals surface area contributed by atoms with Crippen molar-refractivity contribution in [3.63, 3.8) is 0 Å². The van der Waals surface area contributed by atoms with Gasteiger partial charge in [-0.1, -0.05) is 84.9 Å². The number of carbonyl (C=O) groups excluding carboxylic acids is 8. The Bertz CT molecular complexity index is 2390. The van der Waals surface area contributed by atoms with Crippen LogP contribution >= 0.6 is 0 Å². The van der Waals surface area contributed by atoms with Gasteiger partial charge in [0.25, 0.3) is 0 Å². The summed E-state index contributed by atoms with van der Waals surface area (Å²) in [5.41, 5.74) is 3.74. The summed E-state index contributed by atoms with van der Waals surface area (Å²) in [6.07, 6.45) is 4.84. The fraction of sp³-hybridized carbons (Fsp3) is 0.536. The monoisotopic (exact) mass is 1010 g/mol. The minimum Gasteiger partial charge on any atom is -0.351 e. The number of likely N-dealkylation sites (N-methyl/N-ethyl adjacent to an activating group) is 2. The van der Waals surface area contributed by atoms with E-state index < -0.39 is 48.1 Å². The summed E-state index contributed by atoms with van der Waals surface area (Å²) < 4.78 is 0. The summed E-state index contributed by atoms with van der Waals surface area (Å²) >= 11 is 0. The van der Waals surface area contributed by atoms with E-state index >= 15 is 0 Å². The summed E-state index contributed by atoms with van der Waals surface area (Å²) in [6.45, 7) is 3.92. The normalized spacial score (nSPS) is 28.3. The molecule has 12 atom stereocenters. The lowest BCUT2D eigenvalue weighted by atomic mass is 10.0. The van der Waals surface area contributed by atoms with Gasteiger partial charge in [-0.05, 0) is 102 Å². The molecule has 2 saturated carbocycles. The Kier molecular flexibility index (Phi) is 16.1. The molecular weight excluding hydrogens is 941 g/mol. The van der Waals surface area contributed by atoms with Crippen LogP contribution in [-0.2, 0) is 51.2 Å². The highest BCUT2D eigenvalue weighted by atomic mass is 16.2. The molecule has 6 aliphatic rings. The number of nitrogens with one attached hydrogen (secondary N) is 6. The third-order valence-corrected chi connectivity index (χ3v) is 16.4. The Morgan fingerprint density at radius 1 is 0.514 bits per heavy atom. The van der Waals surface area contributed by atoms with Crippen LogP contribution in [0.25, 0.3) is 0 Å². The molecule has 3 aromatic rings. The molecular formula is C56H72N10O8. The number of carbonyl (C=O) groups is 8. The highest BCUT2D eigenvalue weighted by Gasteiger charge is 2.50. The molecule has 6 N–H and O–H groups in total. The summed E-state index contributed by atoms with van der Waals surface area (Å²) in [4.78, 5) is 118. The minimum absolute atomic E-state index is 0.00337. The first-order valence-electron chi connectivity index (χ1n) is 26.6. The smallest absolute Gasteiger partial charge is 0.247 e. The molecule has 0 spiro atoms. The molecule has 4 aliphatic heterocycles. The SMILES string of the molecule is CN[C@@H](C)C(=O)N[C@H]1CN(C(=O)Cc2ccc(CC(=O)N3CC[C@H]4CC[C@@H](C(=O)N[C@H]5C[C@@H]5c5ccccc5)N4C(=O)[C@@H](NC(=O)[C@H](C)NC)C3)cc2)CC[C@H]2CC[C@@H](C(=O)NC3C[C@@H]3c3ccccc3)N2C1=O. The lowest BCUT2D eigenvalue weighted by molar-refractivity contribution is -0.147. The van der Waals surface area contributed by atoms with Crippen LogP contribution in [0.2, 0.25) is 0 Å². The molecule has 0 bridgehead atoms. The van der Waals surface area contributed by atoms with Crippen LogP contribution in [0.1, 0.15) is 99.3 Å². The fourth-order valence-corrected chi connectivity index (χ4v) is 11.5. The fourth-order valence-electron chi connectivity index (χ4n) is 11.5. The van der Waals surface area contributed by atoms with E-state index in [2.05, 4.69) is 56.2 Å². The molecule has 8 amide bonds. The highest BCUT2D eigenvalue weighted by molar-refractivity contribution is 5.96. The van der Waals surface area contributed by atoms with E-state index in [0.717, 1.165) is 12.8 Å². The Morgan fingerprint density at radius 2 is 0.892 bits per heavy atom. The van der Waals surface area contributed by atoms with Gasteiger partial charge in [-0.3, -0.25) is 38.4 Å². The zero-order valence-corrected chi connectivity index (χ0v) is 43.0. The van der Waals surface area contributed by atoms with Crippen molar-refractivity contribution in [2.75, 3.05) is 40.3 Å². The van der Waals surface area contributed by atoms with E-state index in [0.29, 0.717) is 62.7 Å². The summed E-state index contributed by atoms with van der Waals surface area (Å²) in [6, 6.07) is 22.1. The van der Waals surface area contributed by atoms with E-state index in [1.807, 2.05) is 36.4 Å². The van der Waals surface area contributed by atoms with E-state index in [1.165, 1.54) is 11.1 Å². The van der Waals surface area contributed by atoms with E-state index in [-0.39, 0.29) is 97.4 Å². The van der Waals surface area contributed by atoms with Crippen molar-refractivity contribution in [3.8, 4) is 0 Å². The molecule has 0 aromatic heterocycles.